The summed E-state index contributed by atoms with van der Waals surface area (Å²) in [4.78, 5) is 12.5. The molecule has 0 fully saturated rings. The summed E-state index contributed by atoms with van der Waals surface area (Å²) in [5.41, 5.74) is 0.647. The van der Waals surface area contributed by atoms with E-state index in [1.807, 2.05) is 0 Å². The van der Waals surface area contributed by atoms with E-state index in [1.165, 1.54) is 36.4 Å². The van der Waals surface area contributed by atoms with Crippen molar-refractivity contribution in [2.24, 2.45) is 0 Å². The lowest BCUT2D eigenvalue weighted by molar-refractivity contribution is 0.0843. The van der Waals surface area contributed by atoms with Crippen molar-refractivity contribution in [3.8, 4) is 17.2 Å². The van der Waals surface area contributed by atoms with Crippen molar-refractivity contribution >= 4 is 21.6 Å². The summed E-state index contributed by atoms with van der Waals surface area (Å²) in [7, 11) is -3.71. The number of carbonyl (C=O) groups excluding carboxylic acids is 1. The van der Waals surface area contributed by atoms with Gasteiger partial charge in [-0.3, -0.25) is 9.52 Å². The average Bonchev–Trinajstić information content (AvgIpc) is 3.30. The maximum absolute atomic E-state index is 12.4. The van der Waals surface area contributed by atoms with Crippen LogP contribution in [-0.4, -0.2) is 45.5 Å². The van der Waals surface area contributed by atoms with Crippen LogP contribution >= 0.6 is 0 Å². The Morgan fingerprint density at radius 3 is 2.48 bits per heavy atom. The van der Waals surface area contributed by atoms with Gasteiger partial charge in [0.2, 0.25) is 6.79 Å². The third-order valence-corrected chi connectivity index (χ3v) is 6.13. The van der Waals surface area contributed by atoms with Gasteiger partial charge in [0.15, 0.2) is 11.5 Å². The molecular weight excluding hydrogens is 448 g/mol. The molecule has 0 aromatic heterocycles. The highest BCUT2D eigenvalue weighted by Gasteiger charge is 2.16. The Balaban J connectivity index is 1.25. The first-order valence-electron chi connectivity index (χ1n) is 10.1. The molecule has 0 spiro atoms. The second-order valence-electron chi connectivity index (χ2n) is 7.19. The van der Waals surface area contributed by atoms with Crippen molar-refractivity contribution in [1.82, 2.24) is 5.32 Å². The molecule has 172 valence electrons. The largest absolute Gasteiger partial charge is 0.491 e. The molecule has 0 saturated carbocycles. The van der Waals surface area contributed by atoms with Crippen LogP contribution in [0.15, 0.2) is 77.7 Å². The zero-order valence-corrected chi connectivity index (χ0v) is 18.2. The Morgan fingerprint density at radius 2 is 1.73 bits per heavy atom. The summed E-state index contributed by atoms with van der Waals surface area (Å²) in [6.45, 7) is 0.110. The number of hydrogen-bond acceptors (Lipinski definition) is 7. The molecule has 0 aliphatic carbocycles. The third-order valence-electron chi connectivity index (χ3n) is 4.74. The number of nitrogens with one attached hydrogen (secondary N) is 2. The fraction of sp³-hybridized carbons (Fsp3) is 0.174. The van der Waals surface area contributed by atoms with Crippen molar-refractivity contribution in [1.29, 1.82) is 0 Å². The highest BCUT2D eigenvalue weighted by Crippen LogP contribution is 2.35. The van der Waals surface area contributed by atoms with Crippen LogP contribution < -0.4 is 24.2 Å². The van der Waals surface area contributed by atoms with Gasteiger partial charge in [-0.2, -0.15) is 0 Å². The number of rotatable bonds is 9. The molecule has 3 aromatic rings. The predicted molar refractivity (Wildman–Crippen MR) is 120 cm³/mol. The highest BCUT2D eigenvalue weighted by atomic mass is 32.2. The fourth-order valence-corrected chi connectivity index (χ4v) is 4.11. The summed E-state index contributed by atoms with van der Waals surface area (Å²) in [6, 6.07) is 19.0. The first kappa shape index (κ1) is 22.4. The smallest absolute Gasteiger partial charge is 0.261 e. The molecule has 0 saturated heterocycles. The van der Waals surface area contributed by atoms with Crippen molar-refractivity contribution in [2.45, 2.75) is 11.0 Å². The van der Waals surface area contributed by atoms with E-state index in [0.29, 0.717) is 28.5 Å². The lowest BCUT2D eigenvalue weighted by Crippen LogP contribution is -2.35. The summed E-state index contributed by atoms with van der Waals surface area (Å²) in [5, 5.41) is 12.7. The Labute approximate surface area is 191 Å². The third kappa shape index (κ3) is 5.73. The molecule has 1 heterocycles. The molecular formula is C23H22N2O7S. The number of fused-ring (bicyclic) bond motifs is 1. The van der Waals surface area contributed by atoms with Crippen LogP contribution in [0.2, 0.25) is 0 Å². The van der Waals surface area contributed by atoms with Crippen LogP contribution in [0, 0.1) is 0 Å². The van der Waals surface area contributed by atoms with Gasteiger partial charge in [0, 0.05) is 23.9 Å². The van der Waals surface area contributed by atoms with Crippen LogP contribution in [0.25, 0.3) is 0 Å². The van der Waals surface area contributed by atoms with Crippen molar-refractivity contribution in [3.05, 3.63) is 78.4 Å². The van der Waals surface area contributed by atoms with Gasteiger partial charge >= 0.3 is 0 Å². The van der Waals surface area contributed by atoms with Gasteiger partial charge in [0.25, 0.3) is 15.9 Å². The molecule has 3 N–H and O–H groups in total. The van der Waals surface area contributed by atoms with Crippen LogP contribution in [0.1, 0.15) is 10.4 Å². The quantitative estimate of drug-likeness (QED) is 0.439. The number of hydrogen-bond donors (Lipinski definition) is 3. The molecule has 10 heteroatoms. The van der Waals surface area contributed by atoms with E-state index >= 15 is 0 Å². The molecule has 0 bridgehead atoms. The minimum Gasteiger partial charge on any atom is -0.491 e. The Morgan fingerprint density at radius 1 is 1.00 bits per heavy atom. The molecule has 0 radical (unpaired) electrons. The van der Waals surface area contributed by atoms with Gasteiger partial charge in [0.1, 0.15) is 18.5 Å². The summed E-state index contributed by atoms with van der Waals surface area (Å²) >= 11 is 0. The lowest BCUT2D eigenvalue weighted by Gasteiger charge is -2.14. The monoisotopic (exact) mass is 470 g/mol. The van der Waals surface area contributed by atoms with Crippen molar-refractivity contribution in [2.75, 3.05) is 24.7 Å². The van der Waals surface area contributed by atoms with Crippen LogP contribution in [-0.2, 0) is 10.0 Å². The number of amides is 1. The van der Waals surface area contributed by atoms with Gasteiger partial charge in [-0.15, -0.1) is 0 Å². The molecule has 1 atom stereocenters. The van der Waals surface area contributed by atoms with E-state index in [1.54, 1.807) is 36.4 Å². The summed E-state index contributed by atoms with van der Waals surface area (Å²) < 4.78 is 43.2. The summed E-state index contributed by atoms with van der Waals surface area (Å²) in [6.07, 6.45) is -0.934. The minimum atomic E-state index is -3.71. The van der Waals surface area contributed by atoms with Gasteiger partial charge in [-0.1, -0.05) is 18.2 Å². The number of aliphatic hydroxyl groups is 1. The molecule has 9 nitrogen and oxygen atoms in total. The zero-order valence-electron chi connectivity index (χ0n) is 17.4. The number of aliphatic hydroxyl groups excluding tert-OH is 1. The zero-order chi connectivity index (χ0) is 23.3. The summed E-state index contributed by atoms with van der Waals surface area (Å²) in [5.74, 6) is 1.31. The van der Waals surface area contributed by atoms with E-state index in [4.69, 9.17) is 14.2 Å². The minimum absolute atomic E-state index is 0.0221. The lowest BCUT2D eigenvalue weighted by atomic mass is 10.2. The molecule has 1 aliphatic rings. The number of anilines is 1. The van der Waals surface area contributed by atoms with Crippen LogP contribution in [0.5, 0.6) is 17.2 Å². The first-order chi connectivity index (χ1) is 15.9. The molecule has 33 heavy (non-hydrogen) atoms. The second kappa shape index (κ2) is 9.80. The van der Waals surface area contributed by atoms with E-state index in [9.17, 15) is 18.3 Å². The van der Waals surface area contributed by atoms with E-state index in [0.717, 1.165) is 0 Å². The van der Waals surface area contributed by atoms with Crippen molar-refractivity contribution < 1.29 is 32.5 Å². The SMILES string of the molecule is O=C(NCC(O)COc1ccc2c(c1)OCO2)c1ccc(NS(=O)(=O)c2ccccc2)cc1. The van der Waals surface area contributed by atoms with Gasteiger partial charge in [-0.05, 0) is 48.5 Å². The molecule has 4 rings (SSSR count). The van der Waals surface area contributed by atoms with Gasteiger partial charge in [-0.25, -0.2) is 8.42 Å². The molecule has 1 unspecified atom stereocenters. The van der Waals surface area contributed by atoms with E-state index < -0.39 is 22.0 Å². The number of ether oxygens (including phenoxy) is 3. The topological polar surface area (TPSA) is 123 Å². The molecule has 3 aromatic carbocycles. The number of benzene rings is 3. The second-order valence-corrected chi connectivity index (χ2v) is 8.87. The Bertz CT molecular complexity index is 1220. The van der Waals surface area contributed by atoms with Crippen molar-refractivity contribution in [3.63, 3.8) is 0 Å². The normalized spacial score (nSPS) is 13.2. The number of carbonyl (C=O) groups is 1. The average molecular weight is 471 g/mol. The van der Waals surface area contributed by atoms with E-state index in [2.05, 4.69) is 10.0 Å². The maximum atomic E-state index is 12.4. The standard InChI is InChI=1S/C23H22N2O7S/c26-18(14-30-19-10-11-21-22(12-19)32-15-31-21)13-24-23(27)16-6-8-17(9-7-16)25-33(28,29)20-4-2-1-3-5-20/h1-12,18,25-26H,13-15H2,(H,24,27). The number of sulfonamides is 1. The molecule has 1 aliphatic heterocycles. The van der Waals surface area contributed by atoms with Crippen LogP contribution in [0.3, 0.4) is 0 Å². The van der Waals surface area contributed by atoms with E-state index in [-0.39, 0.29) is 24.8 Å². The van der Waals surface area contributed by atoms with Gasteiger partial charge in [0.05, 0.1) is 4.90 Å². The Kier molecular flexibility index (Phi) is 6.66. The predicted octanol–water partition coefficient (Wildman–Crippen LogP) is 2.39. The molecule has 1 amide bonds. The maximum Gasteiger partial charge on any atom is 0.261 e. The fourth-order valence-electron chi connectivity index (χ4n) is 3.03. The van der Waals surface area contributed by atoms with Crippen LogP contribution in [0.4, 0.5) is 5.69 Å². The highest BCUT2D eigenvalue weighted by molar-refractivity contribution is 7.92. The van der Waals surface area contributed by atoms with Gasteiger partial charge < -0.3 is 24.6 Å². The first-order valence-corrected chi connectivity index (χ1v) is 11.6. The Hall–Kier alpha value is -3.76.